The van der Waals surface area contributed by atoms with Crippen LogP contribution in [0.1, 0.15) is 30.2 Å². The first-order chi connectivity index (χ1) is 10.2. The second-order valence-electron chi connectivity index (χ2n) is 5.18. The van der Waals surface area contributed by atoms with Crippen LogP contribution in [0.25, 0.3) is 6.08 Å². The zero-order valence-corrected chi connectivity index (χ0v) is 13.1. The molecule has 0 unspecified atom stereocenters. The Kier molecular flexibility index (Phi) is 5.53. The molecule has 2 rings (SSSR count). The van der Waals surface area contributed by atoms with Crippen molar-refractivity contribution in [2.45, 2.75) is 38.5 Å². The minimum atomic E-state index is 0.0256. The number of carbonyl (C=O) groups is 1. The number of carbonyl (C=O) groups excluding carboxylic acids is 1. The summed E-state index contributed by atoms with van der Waals surface area (Å²) in [6, 6.07) is 2.20. The molecule has 0 aliphatic carbocycles. The second-order valence-corrected chi connectivity index (χ2v) is 6.12. The first-order valence-corrected chi connectivity index (χ1v) is 8.00. The number of thiophene rings is 1. The molecule has 0 bridgehead atoms. The maximum absolute atomic E-state index is 12.5. The maximum atomic E-state index is 12.5. The Labute approximate surface area is 129 Å². The van der Waals surface area contributed by atoms with Crippen molar-refractivity contribution >= 4 is 23.3 Å². The third-order valence-corrected chi connectivity index (χ3v) is 4.54. The molecule has 0 radical (unpaired) electrons. The summed E-state index contributed by atoms with van der Waals surface area (Å²) in [7, 11) is 0. The highest BCUT2D eigenvalue weighted by Crippen LogP contribution is 2.22. The summed E-state index contributed by atoms with van der Waals surface area (Å²) in [5, 5.41) is 11.0. The standard InChI is InChI=1S/C17H21NO2S/c1-3-5-15-7-4-6-13(2)18(15)17(20)9-8-16-10-14(11-19)12-21-16/h3-4,6,8-10,12-13,15,19H,1,5,7,11H2,2H3/b9-8+/t13-,15-/m1/s1. The van der Waals surface area contributed by atoms with E-state index in [1.807, 2.05) is 35.4 Å². The molecule has 1 aliphatic heterocycles. The number of aliphatic hydroxyl groups excluding tert-OH is 1. The molecule has 2 atom stereocenters. The van der Waals surface area contributed by atoms with E-state index in [1.54, 1.807) is 6.08 Å². The Hall–Kier alpha value is -1.65. The molecule has 0 spiro atoms. The predicted molar refractivity (Wildman–Crippen MR) is 87.9 cm³/mol. The van der Waals surface area contributed by atoms with Gasteiger partial charge in [0.05, 0.1) is 6.61 Å². The summed E-state index contributed by atoms with van der Waals surface area (Å²) in [4.78, 5) is 15.4. The minimum Gasteiger partial charge on any atom is -0.392 e. The van der Waals surface area contributed by atoms with E-state index in [9.17, 15) is 4.79 Å². The molecule has 112 valence electrons. The molecular formula is C17H21NO2S. The third kappa shape index (κ3) is 3.93. The van der Waals surface area contributed by atoms with Crippen LogP contribution in [0.5, 0.6) is 0 Å². The minimum absolute atomic E-state index is 0.0256. The van der Waals surface area contributed by atoms with Crippen LogP contribution in [0.4, 0.5) is 0 Å². The quantitative estimate of drug-likeness (QED) is 0.669. The van der Waals surface area contributed by atoms with E-state index in [2.05, 4.69) is 18.7 Å². The van der Waals surface area contributed by atoms with Gasteiger partial charge in [-0.2, -0.15) is 0 Å². The lowest BCUT2D eigenvalue weighted by atomic mass is 10.00. The highest BCUT2D eigenvalue weighted by molar-refractivity contribution is 7.11. The van der Waals surface area contributed by atoms with Gasteiger partial charge in [-0.25, -0.2) is 0 Å². The monoisotopic (exact) mass is 303 g/mol. The maximum Gasteiger partial charge on any atom is 0.247 e. The van der Waals surface area contributed by atoms with Gasteiger partial charge in [-0.1, -0.05) is 18.2 Å². The molecule has 4 heteroatoms. The van der Waals surface area contributed by atoms with Gasteiger partial charge in [-0.3, -0.25) is 4.79 Å². The van der Waals surface area contributed by atoms with E-state index < -0.39 is 0 Å². The van der Waals surface area contributed by atoms with E-state index >= 15 is 0 Å². The van der Waals surface area contributed by atoms with Crippen molar-refractivity contribution in [3.05, 3.63) is 52.8 Å². The zero-order chi connectivity index (χ0) is 15.2. The van der Waals surface area contributed by atoms with Gasteiger partial charge in [0.15, 0.2) is 0 Å². The van der Waals surface area contributed by atoms with Crippen LogP contribution < -0.4 is 0 Å². The van der Waals surface area contributed by atoms with E-state index in [-0.39, 0.29) is 24.6 Å². The summed E-state index contributed by atoms with van der Waals surface area (Å²) in [5.74, 6) is 0.0256. The normalized spacial score (nSPS) is 21.9. The molecule has 21 heavy (non-hydrogen) atoms. The van der Waals surface area contributed by atoms with E-state index in [0.717, 1.165) is 23.3 Å². The zero-order valence-electron chi connectivity index (χ0n) is 12.2. The topological polar surface area (TPSA) is 40.5 Å². The molecular weight excluding hydrogens is 282 g/mol. The fourth-order valence-corrected chi connectivity index (χ4v) is 3.35. The molecule has 0 fully saturated rings. The average molecular weight is 303 g/mol. The lowest BCUT2D eigenvalue weighted by Crippen LogP contribution is -2.46. The molecule has 0 aromatic carbocycles. The number of hydrogen-bond acceptors (Lipinski definition) is 3. The van der Waals surface area contributed by atoms with Crippen molar-refractivity contribution in [3.8, 4) is 0 Å². The van der Waals surface area contributed by atoms with Crippen LogP contribution in [-0.4, -0.2) is 28.0 Å². The van der Waals surface area contributed by atoms with E-state index in [1.165, 1.54) is 11.3 Å². The SMILES string of the molecule is C=CC[C@@H]1CC=C[C@@H](C)N1C(=O)/C=C/c1cc(CO)cs1. The van der Waals surface area contributed by atoms with Crippen molar-refractivity contribution in [3.63, 3.8) is 0 Å². The largest absolute Gasteiger partial charge is 0.392 e. The molecule has 1 amide bonds. The van der Waals surface area contributed by atoms with Crippen LogP contribution >= 0.6 is 11.3 Å². The van der Waals surface area contributed by atoms with Crippen LogP contribution in [0.2, 0.25) is 0 Å². The van der Waals surface area contributed by atoms with Gasteiger partial charge in [0.1, 0.15) is 0 Å². The van der Waals surface area contributed by atoms with Gasteiger partial charge in [0.2, 0.25) is 5.91 Å². The second kappa shape index (κ2) is 7.38. The third-order valence-electron chi connectivity index (χ3n) is 3.59. The van der Waals surface area contributed by atoms with Crippen molar-refractivity contribution in [2.75, 3.05) is 0 Å². The van der Waals surface area contributed by atoms with Gasteiger partial charge in [0, 0.05) is 23.0 Å². The van der Waals surface area contributed by atoms with E-state index in [4.69, 9.17) is 5.11 Å². The Morgan fingerprint density at radius 1 is 1.62 bits per heavy atom. The molecule has 0 saturated heterocycles. The lowest BCUT2D eigenvalue weighted by molar-refractivity contribution is -0.129. The van der Waals surface area contributed by atoms with Gasteiger partial charge < -0.3 is 10.0 Å². The van der Waals surface area contributed by atoms with Crippen LogP contribution in [0.15, 0.2) is 42.3 Å². The fraction of sp³-hybridized carbons (Fsp3) is 0.353. The van der Waals surface area contributed by atoms with Gasteiger partial charge in [-0.15, -0.1) is 17.9 Å². The molecule has 1 aromatic heterocycles. The van der Waals surface area contributed by atoms with Crippen LogP contribution in [0, 0.1) is 0 Å². The highest BCUT2D eigenvalue weighted by atomic mass is 32.1. The molecule has 3 nitrogen and oxygen atoms in total. The molecule has 0 saturated carbocycles. The summed E-state index contributed by atoms with van der Waals surface area (Å²) < 4.78 is 0. The van der Waals surface area contributed by atoms with Crippen molar-refractivity contribution < 1.29 is 9.90 Å². The summed E-state index contributed by atoms with van der Waals surface area (Å²) in [6.07, 6.45) is 11.2. The molecule has 1 aromatic rings. The van der Waals surface area contributed by atoms with Crippen LogP contribution in [-0.2, 0) is 11.4 Å². The van der Waals surface area contributed by atoms with Crippen molar-refractivity contribution in [1.82, 2.24) is 4.90 Å². The first kappa shape index (κ1) is 15.7. The molecule has 1 N–H and O–H groups in total. The Bertz CT molecular complexity index is 559. The molecule has 2 heterocycles. The summed E-state index contributed by atoms with van der Waals surface area (Å²) in [5.41, 5.74) is 0.880. The van der Waals surface area contributed by atoms with Crippen molar-refractivity contribution in [2.24, 2.45) is 0 Å². The summed E-state index contributed by atoms with van der Waals surface area (Å²) >= 11 is 1.53. The van der Waals surface area contributed by atoms with Gasteiger partial charge >= 0.3 is 0 Å². The smallest absolute Gasteiger partial charge is 0.247 e. The predicted octanol–water partition coefficient (Wildman–Crippen LogP) is 3.38. The lowest BCUT2D eigenvalue weighted by Gasteiger charge is -2.36. The van der Waals surface area contributed by atoms with E-state index in [0.29, 0.717) is 0 Å². The molecule has 1 aliphatic rings. The van der Waals surface area contributed by atoms with Gasteiger partial charge in [-0.05, 0) is 42.9 Å². The Morgan fingerprint density at radius 2 is 2.43 bits per heavy atom. The number of rotatable bonds is 5. The fourth-order valence-electron chi connectivity index (χ4n) is 2.56. The Morgan fingerprint density at radius 3 is 3.10 bits per heavy atom. The number of amides is 1. The van der Waals surface area contributed by atoms with Crippen LogP contribution in [0.3, 0.4) is 0 Å². The average Bonchev–Trinajstić information content (AvgIpc) is 2.93. The van der Waals surface area contributed by atoms with Crippen molar-refractivity contribution in [1.29, 1.82) is 0 Å². The number of nitrogens with zero attached hydrogens (tertiary/aromatic N) is 1. The number of aliphatic hydroxyl groups is 1. The summed E-state index contributed by atoms with van der Waals surface area (Å²) in [6.45, 7) is 5.85. The number of hydrogen-bond donors (Lipinski definition) is 1. The van der Waals surface area contributed by atoms with Gasteiger partial charge in [0.25, 0.3) is 0 Å². The highest BCUT2D eigenvalue weighted by Gasteiger charge is 2.26. The Balaban J connectivity index is 2.09. The first-order valence-electron chi connectivity index (χ1n) is 7.12.